The Morgan fingerprint density at radius 2 is 2.15 bits per heavy atom. The van der Waals surface area contributed by atoms with Crippen LogP contribution in [-0.2, 0) is 9.59 Å². The van der Waals surface area contributed by atoms with E-state index in [1.165, 1.54) is 0 Å². The lowest BCUT2D eigenvalue weighted by atomic mass is 10.1. The van der Waals surface area contributed by atoms with E-state index in [-0.39, 0.29) is 18.7 Å². The quantitative estimate of drug-likeness (QED) is 0.737. The second kappa shape index (κ2) is 5.92. The lowest BCUT2D eigenvalue weighted by Gasteiger charge is -2.09. The van der Waals surface area contributed by atoms with Gasteiger partial charge in [-0.3, -0.25) is 14.9 Å². The van der Waals surface area contributed by atoms with Gasteiger partial charge in [-0.1, -0.05) is 17.7 Å². The number of rotatable bonds is 4. The van der Waals surface area contributed by atoms with Crippen LogP contribution in [0, 0.1) is 6.92 Å². The summed E-state index contributed by atoms with van der Waals surface area (Å²) >= 11 is 5.96. The largest absolute Gasteiger partial charge is 0.326 e. The maximum atomic E-state index is 11.8. The Hall–Kier alpha value is -2.08. The zero-order chi connectivity index (χ0) is 14.7. The van der Waals surface area contributed by atoms with Gasteiger partial charge in [-0.05, 0) is 31.0 Å². The van der Waals surface area contributed by atoms with Gasteiger partial charge in [0.1, 0.15) is 6.04 Å². The van der Waals surface area contributed by atoms with Crippen molar-refractivity contribution in [1.29, 1.82) is 0 Å². The number of benzene rings is 1. The molecule has 2 rings (SSSR count). The molecule has 20 heavy (non-hydrogen) atoms. The average molecular weight is 296 g/mol. The highest BCUT2D eigenvalue weighted by molar-refractivity contribution is 6.31. The van der Waals surface area contributed by atoms with Gasteiger partial charge in [0.25, 0.3) is 5.91 Å². The first kappa shape index (κ1) is 14.3. The highest BCUT2D eigenvalue weighted by Gasteiger charge is 2.29. The number of anilines is 1. The third kappa shape index (κ3) is 3.48. The van der Waals surface area contributed by atoms with Crippen LogP contribution in [0.15, 0.2) is 18.2 Å². The van der Waals surface area contributed by atoms with Crippen molar-refractivity contribution in [3.8, 4) is 0 Å². The Labute approximate surface area is 120 Å². The summed E-state index contributed by atoms with van der Waals surface area (Å²) in [5.41, 5.74) is 1.53. The second-order valence-corrected chi connectivity index (χ2v) is 4.97. The highest BCUT2D eigenvalue weighted by Crippen LogP contribution is 2.20. The molecule has 3 N–H and O–H groups in total. The summed E-state index contributed by atoms with van der Waals surface area (Å²) in [6, 6.07) is 4.06. The van der Waals surface area contributed by atoms with Crippen LogP contribution in [0.2, 0.25) is 5.02 Å². The molecule has 6 nitrogen and oxygen atoms in total. The third-order valence-corrected chi connectivity index (χ3v) is 3.38. The molecule has 7 heteroatoms. The monoisotopic (exact) mass is 295 g/mol. The molecule has 0 spiro atoms. The third-order valence-electron chi connectivity index (χ3n) is 2.97. The van der Waals surface area contributed by atoms with Gasteiger partial charge in [0.2, 0.25) is 5.91 Å². The van der Waals surface area contributed by atoms with Crippen molar-refractivity contribution in [2.45, 2.75) is 25.8 Å². The normalized spacial score (nSPS) is 17.6. The summed E-state index contributed by atoms with van der Waals surface area (Å²) in [6.07, 6.45) is 0.382. The fourth-order valence-electron chi connectivity index (χ4n) is 1.83. The standard InChI is InChI=1S/C13H14ClN3O3/c1-7-2-3-8(6-9(7)14)15-11(18)5-4-10-12(19)17-13(20)16-10/h2-3,6,10H,4-5H2,1H3,(H,15,18)(H2,16,17,19,20)/t10-/m1/s1. The van der Waals surface area contributed by atoms with Crippen molar-refractivity contribution in [2.24, 2.45) is 0 Å². The first-order valence-electron chi connectivity index (χ1n) is 6.13. The van der Waals surface area contributed by atoms with Gasteiger partial charge in [-0.2, -0.15) is 0 Å². The minimum absolute atomic E-state index is 0.129. The molecule has 1 aromatic carbocycles. The van der Waals surface area contributed by atoms with Gasteiger partial charge in [-0.15, -0.1) is 0 Å². The molecule has 1 atom stereocenters. The maximum absolute atomic E-state index is 11.8. The van der Waals surface area contributed by atoms with Crippen LogP contribution in [0.25, 0.3) is 0 Å². The summed E-state index contributed by atoms with van der Waals surface area (Å²) in [6.45, 7) is 1.87. The van der Waals surface area contributed by atoms with Gasteiger partial charge in [0.05, 0.1) is 0 Å². The van der Waals surface area contributed by atoms with Crippen molar-refractivity contribution in [1.82, 2.24) is 10.6 Å². The summed E-state index contributed by atoms with van der Waals surface area (Å²) in [4.78, 5) is 34.0. The minimum atomic E-state index is -0.644. The summed E-state index contributed by atoms with van der Waals surface area (Å²) < 4.78 is 0. The molecule has 1 aromatic rings. The molecule has 4 amide bonds. The summed E-state index contributed by atoms with van der Waals surface area (Å²) in [7, 11) is 0. The van der Waals surface area contributed by atoms with Gasteiger partial charge >= 0.3 is 6.03 Å². The predicted octanol–water partition coefficient (Wildman–Crippen LogP) is 1.58. The van der Waals surface area contributed by atoms with E-state index in [0.717, 1.165) is 5.56 Å². The second-order valence-electron chi connectivity index (χ2n) is 4.57. The molecule has 0 unspecified atom stereocenters. The van der Waals surface area contributed by atoms with Crippen molar-refractivity contribution < 1.29 is 14.4 Å². The van der Waals surface area contributed by atoms with E-state index >= 15 is 0 Å². The Kier molecular flexibility index (Phi) is 4.24. The molecule has 0 bridgehead atoms. The molecule has 0 aromatic heterocycles. The van der Waals surface area contributed by atoms with Gasteiger partial charge in [-0.25, -0.2) is 4.79 Å². The number of imide groups is 1. The average Bonchev–Trinajstić information content (AvgIpc) is 2.70. The molecule has 1 aliphatic rings. The molecule has 0 radical (unpaired) electrons. The maximum Gasteiger partial charge on any atom is 0.322 e. The number of halogens is 1. The molecule has 1 saturated heterocycles. The zero-order valence-electron chi connectivity index (χ0n) is 10.8. The fourth-order valence-corrected chi connectivity index (χ4v) is 2.01. The van der Waals surface area contributed by atoms with Crippen LogP contribution in [0.3, 0.4) is 0 Å². The van der Waals surface area contributed by atoms with E-state index in [1.54, 1.807) is 12.1 Å². The van der Waals surface area contributed by atoms with Crippen LogP contribution in [0.5, 0.6) is 0 Å². The number of urea groups is 1. The number of hydrogen-bond acceptors (Lipinski definition) is 3. The fraction of sp³-hybridized carbons (Fsp3) is 0.308. The number of hydrogen-bond donors (Lipinski definition) is 3. The molecule has 0 saturated carbocycles. The smallest absolute Gasteiger partial charge is 0.322 e. The van der Waals surface area contributed by atoms with Crippen LogP contribution in [0.4, 0.5) is 10.5 Å². The minimum Gasteiger partial charge on any atom is -0.326 e. The number of carbonyl (C=O) groups is 3. The van der Waals surface area contributed by atoms with Gasteiger partial charge < -0.3 is 10.6 Å². The molecular weight excluding hydrogens is 282 g/mol. The number of nitrogens with one attached hydrogen (secondary N) is 3. The SMILES string of the molecule is Cc1ccc(NC(=O)CC[C@H]2NC(=O)NC2=O)cc1Cl. The van der Waals surface area contributed by atoms with Gasteiger partial charge in [0, 0.05) is 17.1 Å². The van der Waals surface area contributed by atoms with Gasteiger partial charge in [0.15, 0.2) is 0 Å². The van der Waals surface area contributed by atoms with E-state index in [0.29, 0.717) is 10.7 Å². The van der Waals surface area contributed by atoms with Crippen LogP contribution < -0.4 is 16.0 Å². The Morgan fingerprint density at radius 3 is 2.75 bits per heavy atom. The lowest BCUT2D eigenvalue weighted by Crippen LogP contribution is -2.30. The predicted molar refractivity (Wildman–Crippen MR) is 74.5 cm³/mol. The number of amides is 4. The molecule has 1 aliphatic heterocycles. The Bertz CT molecular complexity index is 574. The highest BCUT2D eigenvalue weighted by atomic mass is 35.5. The van der Waals surface area contributed by atoms with Crippen molar-refractivity contribution >= 4 is 35.1 Å². The van der Waals surface area contributed by atoms with Crippen LogP contribution >= 0.6 is 11.6 Å². The first-order chi connectivity index (χ1) is 9.45. The molecule has 106 valence electrons. The van der Waals surface area contributed by atoms with E-state index in [2.05, 4.69) is 16.0 Å². The van der Waals surface area contributed by atoms with Crippen LogP contribution in [0.1, 0.15) is 18.4 Å². The van der Waals surface area contributed by atoms with Crippen molar-refractivity contribution in [2.75, 3.05) is 5.32 Å². The van der Waals surface area contributed by atoms with E-state index < -0.39 is 18.0 Å². The topological polar surface area (TPSA) is 87.3 Å². The van der Waals surface area contributed by atoms with Crippen molar-refractivity contribution in [3.05, 3.63) is 28.8 Å². The summed E-state index contributed by atoms with van der Waals surface area (Å²) in [5, 5.41) is 7.82. The van der Waals surface area contributed by atoms with Crippen LogP contribution in [-0.4, -0.2) is 23.9 Å². The van der Waals surface area contributed by atoms with E-state index in [4.69, 9.17) is 11.6 Å². The molecule has 1 heterocycles. The molecular formula is C13H14ClN3O3. The van der Waals surface area contributed by atoms with E-state index in [1.807, 2.05) is 13.0 Å². The number of aryl methyl sites for hydroxylation is 1. The summed E-state index contributed by atoms with van der Waals surface area (Å²) in [5.74, 6) is -0.639. The molecule has 0 aliphatic carbocycles. The molecule has 1 fully saturated rings. The Balaban J connectivity index is 1.85. The Morgan fingerprint density at radius 1 is 1.40 bits per heavy atom. The van der Waals surface area contributed by atoms with E-state index in [9.17, 15) is 14.4 Å². The number of carbonyl (C=O) groups excluding carboxylic acids is 3. The van der Waals surface area contributed by atoms with Crippen molar-refractivity contribution in [3.63, 3.8) is 0 Å². The lowest BCUT2D eigenvalue weighted by molar-refractivity contribution is -0.120. The first-order valence-corrected chi connectivity index (χ1v) is 6.51. The zero-order valence-corrected chi connectivity index (χ0v) is 11.6.